The van der Waals surface area contributed by atoms with Crippen molar-refractivity contribution in [3.8, 4) is 23.1 Å². The second-order valence-electron chi connectivity index (χ2n) is 9.17. The fraction of sp³-hybridized carbons (Fsp3) is 0.458. The number of pyridine rings is 1. The zero-order chi connectivity index (χ0) is 23.0. The van der Waals surface area contributed by atoms with Gasteiger partial charge in [-0.2, -0.15) is 5.26 Å². The summed E-state index contributed by atoms with van der Waals surface area (Å²) in [5.74, 6) is -0.0341. The zero-order valence-corrected chi connectivity index (χ0v) is 18.6. The Bertz CT molecular complexity index is 1090. The molecule has 2 fully saturated rings. The smallest absolute Gasteiger partial charge is 0.255 e. The van der Waals surface area contributed by atoms with E-state index in [0.29, 0.717) is 41.4 Å². The van der Waals surface area contributed by atoms with E-state index in [1.807, 2.05) is 24.8 Å². The van der Waals surface area contributed by atoms with E-state index in [1.165, 1.54) is 25.4 Å². The maximum atomic E-state index is 14.4. The molecule has 1 saturated heterocycles. The van der Waals surface area contributed by atoms with Crippen molar-refractivity contribution in [2.45, 2.75) is 44.7 Å². The van der Waals surface area contributed by atoms with E-state index in [9.17, 15) is 14.4 Å². The van der Waals surface area contributed by atoms with Crippen LogP contribution < -0.4 is 20.7 Å². The number of anilines is 1. The number of amides is 1. The summed E-state index contributed by atoms with van der Waals surface area (Å²) >= 11 is 0. The number of benzene rings is 1. The van der Waals surface area contributed by atoms with Crippen LogP contribution in [0.5, 0.6) is 5.88 Å². The molecule has 2 aromatic rings. The maximum absolute atomic E-state index is 14.4. The topological polar surface area (TPSA) is 104 Å². The number of rotatable bonds is 6. The van der Waals surface area contributed by atoms with Gasteiger partial charge in [0.15, 0.2) is 0 Å². The van der Waals surface area contributed by atoms with Gasteiger partial charge in [-0.3, -0.25) is 4.79 Å². The molecule has 0 unspecified atom stereocenters. The molecular weight excluding hydrogens is 409 g/mol. The van der Waals surface area contributed by atoms with Gasteiger partial charge in [0, 0.05) is 30.9 Å². The minimum atomic E-state index is -0.547. The molecule has 8 heteroatoms. The summed E-state index contributed by atoms with van der Waals surface area (Å²) in [7, 11) is 1.48. The highest BCUT2D eigenvalue weighted by molar-refractivity contribution is 6.04. The molecule has 2 heterocycles. The van der Waals surface area contributed by atoms with E-state index in [4.69, 9.17) is 10.5 Å². The van der Waals surface area contributed by atoms with Crippen molar-refractivity contribution in [1.82, 2.24) is 10.3 Å². The Morgan fingerprint density at radius 2 is 2.19 bits per heavy atom. The largest absolute Gasteiger partial charge is 0.480 e. The number of ether oxygens (including phenoxy) is 1. The SMILES string of the molecule is COc1ncc(C(=O)N[C@@H](C)C2CC2)c(N2CC[C@](C)(N)C2)c1-c1cc(F)cc(C#N)c1. The van der Waals surface area contributed by atoms with Gasteiger partial charge in [-0.25, -0.2) is 9.37 Å². The van der Waals surface area contributed by atoms with Gasteiger partial charge in [-0.05, 0) is 62.8 Å². The van der Waals surface area contributed by atoms with Crippen LogP contribution in [0.25, 0.3) is 11.1 Å². The molecular formula is C24H28FN5O2. The number of hydrogen-bond acceptors (Lipinski definition) is 6. The van der Waals surface area contributed by atoms with Gasteiger partial charge in [0.25, 0.3) is 5.91 Å². The first-order valence-corrected chi connectivity index (χ1v) is 10.8. The van der Waals surface area contributed by atoms with E-state index in [0.717, 1.165) is 19.3 Å². The first kappa shape index (κ1) is 22.0. The first-order valence-electron chi connectivity index (χ1n) is 10.8. The van der Waals surface area contributed by atoms with Crippen LogP contribution in [0.4, 0.5) is 10.1 Å². The van der Waals surface area contributed by atoms with Crippen molar-refractivity contribution < 1.29 is 13.9 Å². The fourth-order valence-electron chi connectivity index (χ4n) is 4.37. The minimum absolute atomic E-state index is 0.0543. The lowest BCUT2D eigenvalue weighted by atomic mass is 9.98. The summed E-state index contributed by atoms with van der Waals surface area (Å²) in [6, 6.07) is 6.12. The number of nitrogens with two attached hydrogens (primary N) is 1. The third-order valence-electron chi connectivity index (χ3n) is 6.28. The summed E-state index contributed by atoms with van der Waals surface area (Å²) in [6.45, 7) is 5.12. The van der Waals surface area contributed by atoms with Crippen LogP contribution in [0.15, 0.2) is 24.4 Å². The average molecular weight is 438 g/mol. The molecule has 4 rings (SSSR count). The fourth-order valence-corrected chi connectivity index (χ4v) is 4.37. The molecule has 32 heavy (non-hydrogen) atoms. The standard InChI is InChI=1S/C24H28FN5O2/c1-14(16-4-5-16)29-22(31)19-12-28-23(32-3)20(17-8-15(11-26)9-18(25)10-17)21(19)30-7-6-24(2,27)13-30/h8-10,12,14,16H,4-7,13,27H2,1-3H3,(H,29,31)/t14-,24-/m0/s1. The van der Waals surface area contributed by atoms with Gasteiger partial charge in [0.2, 0.25) is 5.88 Å². The Hall–Kier alpha value is -3.18. The van der Waals surface area contributed by atoms with Crippen LogP contribution in [0.1, 0.15) is 49.0 Å². The predicted molar refractivity (Wildman–Crippen MR) is 120 cm³/mol. The van der Waals surface area contributed by atoms with E-state index < -0.39 is 11.4 Å². The molecule has 7 nitrogen and oxygen atoms in total. The summed E-state index contributed by atoms with van der Waals surface area (Å²) < 4.78 is 19.9. The first-order chi connectivity index (χ1) is 15.2. The highest BCUT2D eigenvalue weighted by Crippen LogP contribution is 2.43. The Kier molecular flexibility index (Phi) is 5.78. The van der Waals surface area contributed by atoms with Crippen molar-refractivity contribution in [3.63, 3.8) is 0 Å². The Balaban J connectivity index is 1.89. The molecule has 0 radical (unpaired) electrons. The number of nitriles is 1. The monoisotopic (exact) mass is 437 g/mol. The van der Waals surface area contributed by atoms with Gasteiger partial charge in [0.1, 0.15) is 5.82 Å². The molecule has 3 N–H and O–H groups in total. The average Bonchev–Trinajstić information content (AvgIpc) is 3.55. The maximum Gasteiger partial charge on any atom is 0.255 e. The summed E-state index contributed by atoms with van der Waals surface area (Å²) in [5.41, 5.74) is 8.03. The van der Waals surface area contributed by atoms with Crippen molar-refractivity contribution >= 4 is 11.6 Å². The lowest BCUT2D eigenvalue weighted by molar-refractivity contribution is 0.0936. The summed E-state index contributed by atoms with van der Waals surface area (Å²) in [4.78, 5) is 19.7. The van der Waals surface area contributed by atoms with Crippen LogP contribution in [0, 0.1) is 23.1 Å². The number of aromatic nitrogens is 1. The van der Waals surface area contributed by atoms with Crippen LogP contribution in [0.3, 0.4) is 0 Å². The van der Waals surface area contributed by atoms with Gasteiger partial charge in [-0.15, -0.1) is 0 Å². The number of nitrogens with one attached hydrogen (secondary N) is 1. The summed E-state index contributed by atoms with van der Waals surface area (Å²) in [5, 5.41) is 12.4. The molecule has 1 amide bonds. The number of methoxy groups -OCH3 is 1. The second-order valence-corrected chi connectivity index (χ2v) is 9.17. The molecule has 0 bridgehead atoms. The highest BCUT2D eigenvalue weighted by atomic mass is 19.1. The minimum Gasteiger partial charge on any atom is -0.480 e. The molecule has 1 aromatic carbocycles. The lowest BCUT2D eigenvalue weighted by Gasteiger charge is -2.27. The van der Waals surface area contributed by atoms with Crippen LogP contribution in [0.2, 0.25) is 0 Å². The van der Waals surface area contributed by atoms with Gasteiger partial charge < -0.3 is 20.7 Å². The van der Waals surface area contributed by atoms with Gasteiger partial charge in [0.05, 0.1) is 35.6 Å². The van der Waals surface area contributed by atoms with Crippen molar-refractivity contribution in [2.24, 2.45) is 11.7 Å². The molecule has 2 aliphatic rings. The van der Waals surface area contributed by atoms with Crippen LogP contribution >= 0.6 is 0 Å². The van der Waals surface area contributed by atoms with E-state index in [2.05, 4.69) is 10.3 Å². The molecule has 1 aliphatic carbocycles. The van der Waals surface area contributed by atoms with E-state index in [-0.39, 0.29) is 23.4 Å². The van der Waals surface area contributed by atoms with Crippen molar-refractivity contribution in [1.29, 1.82) is 5.26 Å². The molecule has 1 aliphatic heterocycles. The third kappa shape index (κ3) is 4.39. The Morgan fingerprint density at radius 1 is 1.44 bits per heavy atom. The number of hydrogen-bond donors (Lipinski definition) is 2. The van der Waals surface area contributed by atoms with Gasteiger partial charge in [-0.1, -0.05) is 0 Å². The second kappa shape index (κ2) is 8.40. The molecule has 0 spiro atoms. The Labute approximate surface area is 187 Å². The summed E-state index contributed by atoms with van der Waals surface area (Å²) in [6.07, 6.45) is 4.46. The molecule has 1 saturated carbocycles. The molecule has 168 valence electrons. The van der Waals surface area contributed by atoms with Gasteiger partial charge >= 0.3 is 0 Å². The molecule has 1 aromatic heterocycles. The zero-order valence-electron chi connectivity index (χ0n) is 18.6. The number of halogens is 1. The van der Waals surface area contributed by atoms with Crippen LogP contribution in [-0.2, 0) is 0 Å². The van der Waals surface area contributed by atoms with Crippen molar-refractivity contribution in [2.75, 3.05) is 25.1 Å². The van der Waals surface area contributed by atoms with E-state index in [1.54, 1.807) is 6.07 Å². The van der Waals surface area contributed by atoms with Crippen molar-refractivity contribution in [3.05, 3.63) is 41.3 Å². The number of carbonyl (C=O) groups is 1. The number of carbonyl (C=O) groups excluding carboxylic acids is 1. The quantitative estimate of drug-likeness (QED) is 0.719. The third-order valence-corrected chi connectivity index (χ3v) is 6.28. The molecule has 2 atom stereocenters. The lowest BCUT2D eigenvalue weighted by Crippen LogP contribution is -2.40. The Morgan fingerprint density at radius 3 is 2.78 bits per heavy atom. The normalized spacial score (nSPS) is 21.2. The highest BCUT2D eigenvalue weighted by Gasteiger charge is 2.36. The predicted octanol–water partition coefficient (Wildman–Crippen LogP) is 3.22. The van der Waals surface area contributed by atoms with Crippen LogP contribution in [-0.4, -0.2) is 42.7 Å². The van der Waals surface area contributed by atoms with E-state index >= 15 is 0 Å². The number of nitrogens with zero attached hydrogens (tertiary/aromatic N) is 3.